The first-order chi connectivity index (χ1) is 66.4. The summed E-state index contributed by atoms with van der Waals surface area (Å²) in [5.41, 5.74) is 34.8. The largest absolute Gasteiger partial charge is 0.435 e. The van der Waals surface area contributed by atoms with Crippen LogP contribution in [0.1, 0.15) is 169 Å². The highest BCUT2D eigenvalue weighted by Crippen LogP contribution is 2.53. The number of fused-ring (bicyclic) bond motifs is 17. The van der Waals surface area contributed by atoms with Gasteiger partial charge in [-0.15, -0.1) is 0 Å². The predicted molar refractivity (Wildman–Crippen MR) is 573 cm³/mol. The maximum atomic E-state index is 6.37. The number of aryl methyl sites for hydroxylation is 10. The molecule has 10 aromatic heterocycles. The number of para-hydroxylation sites is 6. The van der Waals surface area contributed by atoms with Gasteiger partial charge in [-0.1, -0.05) is 149 Å². The third kappa shape index (κ3) is 15.6. The summed E-state index contributed by atoms with van der Waals surface area (Å²) in [6.07, 6.45) is 13.9. The number of hydrogen-bond donors (Lipinski definition) is 0. The predicted octanol–water partition coefficient (Wildman–Crippen LogP) is 30.5. The van der Waals surface area contributed by atoms with E-state index < -0.39 is 0 Å². The SMILES string of the molecule is Cc1ccc2c(n1)oc1c(N3C=CN(C(C)C)[C@@H]3C)c(C)ccc12.Cc1ccc2c(n1)oc1c(N3C=CN(c4c(C(C)C)cccc4C(C)C)[C@@H]3C)c(C)ccc12.Cc1ccc2c(n1)oc1c(N3C=CN(c4ccccc4)[C@@H]3C)c(C)ccc12.Cc1ccc2c(n1)oc1c(N3c4ccccc4N(C(C)C)[C@@H]3C)c(C)ccc12.Cc1ccc2c(n1)oc1c(N3c4ccccc4N(C)[C@@H]3C)c(C)ccc12. The molecule has 5 aliphatic rings. The van der Waals surface area contributed by atoms with E-state index in [0.29, 0.717) is 52.5 Å². The minimum Gasteiger partial charge on any atom is -0.435 e. The van der Waals surface area contributed by atoms with Crippen LogP contribution >= 0.6 is 0 Å². The van der Waals surface area contributed by atoms with Crippen molar-refractivity contribution in [3.63, 3.8) is 0 Å². The minimum atomic E-state index is 0.120. The first-order valence-corrected chi connectivity index (χ1v) is 48.6. The molecule has 0 unspecified atom stereocenters. The second-order valence-corrected chi connectivity index (χ2v) is 39.0. The summed E-state index contributed by atoms with van der Waals surface area (Å²) in [5.74, 6) is 0.895. The molecule has 0 aliphatic carbocycles. The molecule has 138 heavy (non-hydrogen) atoms. The first kappa shape index (κ1) is 90.7. The monoisotopic (exact) mass is 1830 g/mol. The highest BCUT2D eigenvalue weighted by atomic mass is 16.4. The standard InChI is InChI=1S/C29H33N3O.C24H25N3O.C23H21N3O.C22H21N3O.C20H23N3O/c1-17(2)22-9-8-10-23(18(3)4)27(22)32-16-15-31(21(32)7)26-19(5)11-13-24-25-14-12-20(6)30-29(25)33-28(24)26;1-14(2)26-17(5)27(21-9-7-6-8-20(21)26)22-15(3)10-12-18-19-13-11-16(4)25-24(19)28-23(18)22;1-15-9-11-19-20-12-10-16(2)24-23(20)27-22(19)21(15)26-14-13-25(17(26)3)18-7-5-4-6-8-18;1-13-9-11-16-17-12-10-14(2)23-22(17)26-21(16)20(13)25-15(3)24(4)18-7-5-6-8-19(18)25;1-12(2)22-10-11-23(15(22)5)18-13(3)6-8-16-17-9-7-14(4)21-20(17)24-19(16)18/h8-18,21H,1-7H3;6-14,17H,1-5H3;4-14,17H,1-3H3;5-12,15H,1-4H3;6-12,15H,1-5H3/t21-;2*17-;2*15-/m10000/s1. The minimum absolute atomic E-state index is 0.120. The fourth-order valence-corrected chi connectivity index (χ4v) is 21.3. The number of pyridine rings is 5. The van der Waals surface area contributed by atoms with Crippen LogP contribution in [0.3, 0.4) is 0 Å². The van der Waals surface area contributed by atoms with Gasteiger partial charge in [0.1, 0.15) is 30.8 Å². The van der Waals surface area contributed by atoms with Crippen LogP contribution in [-0.4, -0.2) is 79.8 Å². The van der Waals surface area contributed by atoms with E-state index in [1.807, 2.05) is 71.0 Å². The molecular formula is C118H123N15O5. The molecule has 9 aromatic carbocycles. The highest BCUT2D eigenvalue weighted by Gasteiger charge is 2.40. The van der Waals surface area contributed by atoms with Gasteiger partial charge in [-0.25, -0.2) is 24.9 Å². The van der Waals surface area contributed by atoms with Crippen molar-refractivity contribution in [2.45, 2.75) is 214 Å². The van der Waals surface area contributed by atoms with Crippen LogP contribution < -0.4 is 44.1 Å². The lowest BCUT2D eigenvalue weighted by molar-refractivity contribution is 0.263. The van der Waals surface area contributed by atoms with Crippen LogP contribution in [0, 0.1) is 69.2 Å². The van der Waals surface area contributed by atoms with E-state index in [9.17, 15) is 0 Å². The van der Waals surface area contributed by atoms with Crippen molar-refractivity contribution in [1.29, 1.82) is 0 Å². The van der Waals surface area contributed by atoms with Crippen molar-refractivity contribution >= 4 is 173 Å². The maximum Gasteiger partial charge on any atom is 0.227 e. The molecule has 5 atom stereocenters. The number of furan rings is 5. The zero-order chi connectivity index (χ0) is 96.6. The smallest absolute Gasteiger partial charge is 0.227 e. The summed E-state index contributed by atoms with van der Waals surface area (Å²) in [5, 5.41) is 10.9. The van der Waals surface area contributed by atoms with Gasteiger partial charge in [0.25, 0.3) is 0 Å². The van der Waals surface area contributed by atoms with E-state index in [4.69, 9.17) is 22.1 Å². The lowest BCUT2D eigenvalue weighted by atomic mass is 9.92. The van der Waals surface area contributed by atoms with Crippen molar-refractivity contribution < 1.29 is 22.1 Å². The van der Waals surface area contributed by atoms with Crippen LogP contribution in [0.25, 0.3) is 110 Å². The summed E-state index contributed by atoms with van der Waals surface area (Å²) in [6.45, 7) is 49.9. The number of nitrogens with zero attached hydrogens (tertiary/aromatic N) is 15. The Morgan fingerprint density at radius 3 is 0.891 bits per heavy atom. The van der Waals surface area contributed by atoms with Crippen molar-refractivity contribution in [3.05, 3.63) is 323 Å². The molecule has 20 heteroatoms. The Hall–Kier alpha value is -15.1. The van der Waals surface area contributed by atoms with Crippen molar-refractivity contribution in [1.82, 2.24) is 29.8 Å². The molecule has 15 heterocycles. The molecular weight excluding hydrogens is 1710 g/mol. The van der Waals surface area contributed by atoms with Crippen molar-refractivity contribution in [3.8, 4) is 0 Å². The second kappa shape index (κ2) is 35.9. The Bertz CT molecular complexity index is 8020. The van der Waals surface area contributed by atoms with Crippen molar-refractivity contribution in [2.75, 3.05) is 51.1 Å². The third-order valence-corrected chi connectivity index (χ3v) is 28.4. The first-order valence-electron chi connectivity index (χ1n) is 48.6. The molecule has 0 N–H and O–H groups in total. The summed E-state index contributed by atoms with van der Waals surface area (Å²) < 4.78 is 31.4. The molecule has 20 nitrogen and oxygen atoms in total. The number of anilines is 11. The Morgan fingerprint density at radius 2 is 0.536 bits per heavy atom. The van der Waals surface area contributed by atoms with Gasteiger partial charge in [0.05, 0.1) is 51.2 Å². The number of hydrogen-bond acceptors (Lipinski definition) is 20. The van der Waals surface area contributed by atoms with Crippen LogP contribution in [0.15, 0.2) is 278 Å². The van der Waals surface area contributed by atoms with E-state index in [-0.39, 0.29) is 30.8 Å². The quantitative estimate of drug-likeness (QED) is 0.120. The Morgan fingerprint density at radius 1 is 0.246 bits per heavy atom. The lowest BCUT2D eigenvalue weighted by Crippen LogP contribution is -2.42. The van der Waals surface area contributed by atoms with Gasteiger partial charge in [-0.3, -0.25) is 0 Å². The fraction of sp³-hybridized carbons (Fsp3) is 0.280. The lowest BCUT2D eigenvalue weighted by Gasteiger charge is -2.34. The Labute approximate surface area is 808 Å². The summed E-state index contributed by atoms with van der Waals surface area (Å²) in [4.78, 5) is 46.5. The zero-order valence-corrected chi connectivity index (χ0v) is 83.7. The van der Waals surface area contributed by atoms with Gasteiger partial charge in [0, 0.05) is 150 Å². The van der Waals surface area contributed by atoms with Crippen LogP contribution in [0.5, 0.6) is 0 Å². The van der Waals surface area contributed by atoms with E-state index in [1.165, 1.54) is 73.1 Å². The fourth-order valence-electron chi connectivity index (χ4n) is 21.3. The van der Waals surface area contributed by atoms with Crippen molar-refractivity contribution in [2.24, 2.45) is 0 Å². The summed E-state index contributed by atoms with van der Waals surface area (Å²) >= 11 is 0. The number of aromatic nitrogens is 5. The zero-order valence-electron chi connectivity index (χ0n) is 83.7. The van der Waals surface area contributed by atoms with Crippen LogP contribution in [-0.2, 0) is 0 Å². The molecule has 0 radical (unpaired) electrons. The molecule has 0 spiro atoms. The summed E-state index contributed by atoms with van der Waals surface area (Å²) in [7, 11) is 2.14. The van der Waals surface area contributed by atoms with Gasteiger partial charge >= 0.3 is 0 Å². The van der Waals surface area contributed by atoms with E-state index in [0.717, 1.165) is 139 Å². The third-order valence-electron chi connectivity index (χ3n) is 28.4. The van der Waals surface area contributed by atoms with Gasteiger partial charge in [0.15, 0.2) is 27.9 Å². The Balaban J connectivity index is 0.000000107. The van der Waals surface area contributed by atoms with E-state index in [2.05, 4.69) is 425 Å². The average Bonchev–Trinajstić information content (AvgIpc) is 1.55. The number of rotatable bonds is 11. The van der Waals surface area contributed by atoms with Crippen LogP contribution in [0.2, 0.25) is 0 Å². The second-order valence-electron chi connectivity index (χ2n) is 39.0. The number of benzene rings is 9. The Kier molecular flexibility index (Phi) is 23.6. The van der Waals surface area contributed by atoms with E-state index >= 15 is 0 Å². The molecule has 19 aromatic rings. The van der Waals surface area contributed by atoms with Gasteiger partial charge < -0.3 is 71.1 Å². The van der Waals surface area contributed by atoms with Crippen LogP contribution in [0.4, 0.5) is 62.6 Å². The van der Waals surface area contributed by atoms with E-state index in [1.54, 1.807) is 0 Å². The summed E-state index contributed by atoms with van der Waals surface area (Å²) in [6, 6.07) is 77.6. The maximum absolute atomic E-state index is 6.37. The molecule has 5 aliphatic heterocycles. The highest BCUT2D eigenvalue weighted by molar-refractivity contribution is 6.14. The van der Waals surface area contributed by atoms with Gasteiger partial charge in [-0.05, 0) is 279 Å². The average molecular weight is 1830 g/mol. The molecule has 0 fully saturated rings. The molecule has 0 saturated heterocycles. The molecule has 0 bridgehead atoms. The van der Waals surface area contributed by atoms with Gasteiger partial charge in [0.2, 0.25) is 28.6 Å². The van der Waals surface area contributed by atoms with Gasteiger partial charge in [-0.2, -0.15) is 0 Å². The molecule has 0 amide bonds. The molecule has 700 valence electrons. The molecule has 0 saturated carbocycles. The topological polar surface area (TPSA) is 163 Å². The molecule has 24 rings (SSSR count). The normalized spacial score (nSPS) is 16.8.